The molecule has 0 saturated heterocycles. The molecular weight excluding hydrogens is 96.1 g/mol. The lowest BCUT2D eigenvalue weighted by Crippen LogP contribution is -1.55. The monoisotopic (exact) mass is 104 g/mol. The van der Waals surface area contributed by atoms with Gasteiger partial charge in [-0.2, -0.15) is 0 Å². The second kappa shape index (κ2) is 3.00. The Balaban J connectivity index is 3.21. The maximum Gasteiger partial charge on any atom is -0.0300 e. The van der Waals surface area contributed by atoms with Crippen molar-refractivity contribution in [1.29, 1.82) is 0 Å². The molecule has 1 N–H and O–H groups in total. The summed E-state index contributed by atoms with van der Waals surface area (Å²) >= 11 is -1.05. The van der Waals surface area contributed by atoms with Crippen LogP contribution in [0.5, 0.6) is 0 Å². The van der Waals surface area contributed by atoms with Gasteiger partial charge in [-0.15, -0.1) is 11.2 Å². The first-order valence-electron chi connectivity index (χ1n) is 1.53. The first-order chi connectivity index (χ1) is 2.81. The largest absolute Gasteiger partial charge is 0.347 e. The smallest absolute Gasteiger partial charge is 0.0300 e. The van der Waals surface area contributed by atoms with Gasteiger partial charge in [0.25, 0.3) is 0 Å². The molecule has 6 heavy (non-hydrogen) atoms. The van der Waals surface area contributed by atoms with E-state index in [0.29, 0.717) is 0 Å². The van der Waals surface area contributed by atoms with Crippen LogP contribution in [0.3, 0.4) is 0 Å². The van der Waals surface area contributed by atoms with Crippen molar-refractivity contribution in [3.05, 3.63) is 24.0 Å². The normalized spacial score (nSPS) is 9.83. The third kappa shape index (κ3) is 2.05. The second-order valence-corrected chi connectivity index (χ2v) is 2.24. The van der Waals surface area contributed by atoms with Crippen molar-refractivity contribution in [1.82, 2.24) is 0 Å². The van der Waals surface area contributed by atoms with Crippen molar-refractivity contribution in [2.75, 3.05) is 0 Å². The fourth-order valence-electron chi connectivity index (χ4n) is 0.0745. The summed E-state index contributed by atoms with van der Waals surface area (Å²) in [4.78, 5) is 0. The van der Waals surface area contributed by atoms with Gasteiger partial charge in [-0.25, -0.2) is 0 Å². The average Bonchev–Trinajstić information content (AvgIpc) is 1.65. The van der Waals surface area contributed by atoms with Gasteiger partial charge < -0.3 is 4.55 Å². The SMILES string of the molecule is C=C[SH](O)C=C. The van der Waals surface area contributed by atoms with E-state index in [1.54, 1.807) is 0 Å². The van der Waals surface area contributed by atoms with Crippen molar-refractivity contribution in [2.24, 2.45) is 0 Å². The summed E-state index contributed by atoms with van der Waals surface area (Å²) in [6.07, 6.45) is 0. The van der Waals surface area contributed by atoms with E-state index in [4.69, 9.17) is 4.55 Å². The summed E-state index contributed by atoms with van der Waals surface area (Å²) in [5.41, 5.74) is 0. The Kier molecular flexibility index (Phi) is 2.89. The minimum absolute atomic E-state index is 1.05. The molecule has 0 saturated carbocycles. The van der Waals surface area contributed by atoms with Crippen LogP contribution in [0.1, 0.15) is 0 Å². The Labute approximate surface area is 40.5 Å². The van der Waals surface area contributed by atoms with E-state index in [2.05, 4.69) is 13.2 Å². The summed E-state index contributed by atoms with van der Waals surface area (Å²) in [5.74, 6) is 0. The lowest BCUT2D eigenvalue weighted by Gasteiger charge is -1.95. The molecule has 0 aromatic rings. The quantitative estimate of drug-likeness (QED) is 0.511. The van der Waals surface area contributed by atoms with Crippen molar-refractivity contribution in [3.63, 3.8) is 0 Å². The van der Waals surface area contributed by atoms with Crippen LogP contribution in [0, 0.1) is 0 Å². The zero-order chi connectivity index (χ0) is 4.99. The summed E-state index contributed by atoms with van der Waals surface area (Å²) in [7, 11) is 0. The fourth-order valence-corrected chi connectivity index (χ4v) is 0.224. The molecule has 0 heterocycles. The van der Waals surface area contributed by atoms with Gasteiger partial charge in [0.1, 0.15) is 0 Å². The highest BCUT2D eigenvalue weighted by Crippen LogP contribution is 2.18. The van der Waals surface area contributed by atoms with Crippen molar-refractivity contribution < 1.29 is 4.55 Å². The Morgan fingerprint density at radius 1 is 1.33 bits per heavy atom. The molecular formula is C4H8OS. The molecule has 0 atom stereocenters. The number of thiol groups is 1. The molecule has 0 spiro atoms. The van der Waals surface area contributed by atoms with Gasteiger partial charge in [0.15, 0.2) is 0 Å². The Morgan fingerprint density at radius 2 is 1.67 bits per heavy atom. The van der Waals surface area contributed by atoms with Crippen molar-refractivity contribution in [2.45, 2.75) is 0 Å². The number of hydrogen-bond acceptors (Lipinski definition) is 1. The highest BCUT2D eigenvalue weighted by atomic mass is 32.2. The molecule has 2 heteroatoms. The fraction of sp³-hybridized carbons (Fsp3) is 0. The standard InChI is InChI=1S/C4H8OS/c1-3-6(5)4-2/h3-6H,1-2H2. The van der Waals surface area contributed by atoms with Crippen LogP contribution in [0.15, 0.2) is 24.0 Å². The maximum absolute atomic E-state index is 8.50. The highest BCUT2D eigenvalue weighted by molar-refractivity contribution is 8.17. The topological polar surface area (TPSA) is 20.2 Å². The summed E-state index contributed by atoms with van der Waals surface area (Å²) in [6.45, 7) is 6.68. The molecule has 0 unspecified atom stereocenters. The van der Waals surface area contributed by atoms with Crippen LogP contribution in [-0.4, -0.2) is 4.55 Å². The molecule has 0 fully saturated rings. The Bertz CT molecular complexity index is 52.6. The maximum atomic E-state index is 8.50. The van der Waals surface area contributed by atoms with Crippen molar-refractivity contribution >= 4 is 11.2 Å². The molecule has 0 amide bonds. The highest BCUT2D eigenvalue weighted by Gasteiger charge is 1.73. The molecule has 0 aromatic carbocycles. The molecule has 36 valence electrons. The zero-order valence-electron chi connectivity index (χ0n) is 3.46. The predicted molar refractivity (Wildman–Crippen MR) is 32.0 cm³/mol. The molecule has 0 rings (SSSR count). The summed E-state index contributed by atoms with van der Waals surface area (Å²) in [6, 6.07) is 0. The third-order valence-electron chi connectivity index (χ3n) is 0.374. The molecule has 0 radical (unpaired) electrons. The van der Waals surface area contributed by atoms with E-state index in [0.717, 1.165) is 0 Å². The molecule has 0 aliphatic heterocycles. The summed E-state index contributed by atoms with van der Waals surface area (Å²) < 4.78 is 8.50. The lowest BCUT2D eigenvalue weighted by molar-refractivity contribution is 0.662. The molecule has 1 nitrogen and oxygen atoms in total. The Morgan fingerprint density at radius 3 is 1.67 bits per heavy atom. The molecule has 0 aliphatic carbocycles. The van der Waals surface area contributed by atoms with E-state index in [-0.39, 0.29) is 0 Å². The van der Waals surface area contributed by atoms with E-state index in [1.165, 1.54) is 10.8 Å². The van der Waals surface area contributed by atoms with Crippen LogP contribution in [0.4, 0.5) is 0 Å². The van der Waals surface area contributed by atoms with Gasteiger partial charge in [0.05, 0.1) is 0 Å². The van der Waals surface area contributed by atoms with Crippen LogP contribution in [0.2, 0.25) is 0 Å². The van der Waals surface area contributed by atoms with Crippen LogP contribution >= 0.6 is 11.2 Å². The van der Waals surface area contributed by atoms with Crippen molar-refractivity contribution in [3.8, 4) is 0 Å². The molecule has 0 aliphatic rings. The molecule has 0 bridgehead atoms. The van der Waals surface area contributed by atoms with Crippen LogP contribution in [-0.2, 0) is 0 Å². The summed E-state index contributed by atoms with van der Waals surface area (Å²) in [5, 5.41) is 2.95. The van der Waals surface area contributed by atoms with Gasteiger partial charge in [-0.05, 0) is 10.8 Å². The minimum Gasteiger partial charge on any atom is -0.347 e. The van der Waals surface area contributed by atoms with E-state index < -0.39 is 11.2 Å². The number of hydrogen-bond donors (Lipinski definition) is 2. The van der Waals surface area contributed by atoms with Crippen LogP contribution < -0.4 is 0 Å². The average molecular weight is 104 g/mol. The third-order valence-corrected chi connectivity index (χ3v) is 1.12. The predicted octanol–water partition coefficient (Wildman–Crippen LogP) is 1.75. The van der Waals surface area contributed by atoms with Gasteiger partial charge in [0, 0.05) is 0 Å². The van der Waals surface area contributed by atoms with Gasteiger partial charge in [-0.3, -0.25) is 0 Å². The molecule has 0 aromatic heterocycles. The van der Waals surface area contributed by atoms with E-state index in [1.807, 2.05) is 0 Å². The van der Waals surface area contributed by atoms with Gasteiger partial charge in [-0.1, -0.05) is 13.2 Å². The second-order valence-electron chi connectivity index (χ2n) is 0.745. The zero-order valence-corrected chi connectivity index (χ0v) is 4.36. The minimum atomic E-state index is -1.05. The Hall–Kier alpha value is -0.210. The van der Waals surface area contributed by atoms with E-state index >= 15 is 0 Å². The van der Waals surface area contributed by atoms with Crippen LogP contribution in [0.25, 0.3) is 0 Å². The lowest BCUT2D eigenvalue weighted by atomic mass is 11.3. The van der Waals surface area contributed by atoms with Gasteiger partial charge in [0.2, 0.25) is 0 Å². The first-order valence-corrected chi connectivity index (χ1v) is 2.97. The van der Waals surface area contributed by atoms with Gasteiger partial charge >= 0.3 is 0 Å². The number of rotatable bonds is 2. The first kappa shape index (κ1) is 5.79. The van der Waals surface area contributed by atoms with E-state index in [9.17, 15) is 0 Å².